The van der Waals surface area contributed by atoms with Gasteiger partial charge in [0.2, 0.25) is 5.78 Å². The maximum absolute atomic E-state index is 12.6. The zero-order chi connectivity index (χ0) is 14.4. The van der Waals surface area contributed by atoms with Gasteiger partial charge in [-0.05, 0) is 26.8 Å². The fourth-order valence-electron chi connectivity index (χ4n) is 2.53. The molecular weight excluding hydrogens is 268 g/mol. The van der Waals surface area contributed by atoms with E-state index in [1.165, 1.54) is 0 Å². The first-order chi connectivity index (χ1) is 9.56. The Hall–Kier alpha value is -2.43. The largest absolute Gasteiger partial charge is 0.489 e. The molecule has 3 rings (SSSR count). The van der Waals surface area contributed by atoms with E-state index in [-0.39, 0.29) is 24.8 Å². The summed E-state index contributed by atoms with van der Waals surface area (Å²) < 4.78 is 7.17. The topological polar surface area (TPSA) is 60.7 Å². The van der Waals surface area contributed by atoms with E-state index < -0.39 is 0 Å². The molecule has 0 aliphatic heterocycles. The van der Waals surface area contributed by atoms with E-state index in [1.807, 2.05) is 6.92 Å². The number of rotatable bonds is 2. The van der Waals surface area contributed by atoms with Gasteiger partial charge in [0.05, 0.1) is 23.9 Å². The number of hydrogen-bond acceptors (Lipinski definition) is 4. The third-order valence-electron chi connectivity index (χ3n) is 3.55. The summed E-state index contributed by atoms with van der Waals surface area (Å²) in [6.45, 7) is 5.61. The SMILES string of the molecule is C.CCOC1=C(C)C(=O)c2ccn3c(C)ncc3c2C1=O. The lowest BCUT2D eigenvalue weighted by Crippen LogP contribution is -2.23. The molecule has 1 aliphatic carbocycles. The second kappa shape index (κ2) is 5.16. The summed E-state index contributed by atoms with van der Waals surface area (Å²) in [5, 5.41) is 0. The number of carbonyl (C=O) groups is 2. The van der Waals surface area contributed by atoms with Crippen LogP contribution in [-0.4, -0.2) is 27.6 Å². The molecule has 0 bridgehead atoms. The zero-order valence-electron chi connectivity index (χ0n) is 11.6. The predicted octanol–water partition coefficient (Wildman–Crippen LogP) is 2.97. The van der Waals surface area contributed by atoms with Crippen molar-refractivity contribution >= 4 is 17.1 Å². The quantitative estimate of drug-likeness (QED) is 0.851. The molecule has 2 heterocycles. The Morgan fingerprint density at radius 1 is 1.24 bits per heavy atom. The Morgan fingerprint density at radius 3 is 2.62 bits per heavy atom. The van der Waals surface area contributed by atoms with Crippen molar-refractivity contribution in [1.82, 2.24) is 9.38 Å². The summed E-state index contributed by atoms with van der Waals surface area (Å²) in [6, 6.07) is 1.67. The molecule has 0 aromatic carbocycles. The Labute approximate surface area is 123 Å². The fraction of sp³-hybridized carbons (Fsp3) is 0.312. The first kappa shape index (κ1) is 15.0. The number of aromatic nitrogens is 2. The molecule has 0 saturated heterocycles. The molecule has 2 aromatic rings. The molecule has 2 aromatic heterocycles. The minimum atomic E-state index is -0.246. The number of hydrogen-bond donors (Lipinski definition) is 0. The summed E-state index contributed by atoms with van der Waals surface area (Å²) in [7, 11) is 0. The lowest BCUT2D eigenvalue weighted by atomic mass is 9.89. The van der Waals surface area contributed by atoms with Crippen molar-refractivity contribution in [1.29, 1.82) is 0 Å². The van der Waals surface area contributed by atoms with Crippen molar-refractivity contribution in [3.63, 3.8) is 0 Å². The molecular formula is C16H18N2O3. The molecule has 0 radical (unpaired) electrons. The Bertz CT molecular complexity index is 784. The van der Waals surface area contributed by atoms with Crippen molar-refractivity contribution in [2.75, 3.05) is 6.61 Å². The van der Waals surface area contributed by atoms with Gasteiger partial charge in [-0.2, -0.15) is 0 Å². The van der Waals surface area contributed by atoms with Crippen LogP contribution in [0, 0.1) is 6.92 Å². The van der Waals surface area contributed by atoms with E-state index in [0.29, 0.717) is 28.8 Å². The molecule has 5 heteroatoms. The minimum Gasteiger partial charge on any atom is -0.489 e. The highest BCUT2D eigenvalue weighted by atomic mass is 16.5. The summed E-state index contributed by atoms with van der Waals surface area (Å²) in [6.07, 6.45) is 3.38. The van der Waals surface area contributed by atoms with Crippen LogP contribution in [0.2, 0.25) is 0 Å². The third kappa shape index (κ3) is 1.96. The molecule has 1 aliphatic rings. The van der Waals surface area contributed by atoms with Gasteiger partial charge in [-0.25, -0.2) is 4.98 Å². The number of allylic oxidation sites excluding steroid dienone is 2. The van der Waals surface area contributed by atoms with E-state index in [1.54, 1.807) is 36.7 Å². The van der Waals surface area contributed by atoms with Crippen LogP contribution in [0.25, 0.3) is 5.52 Å². The molecule has 5 nitrogen and oxygen atoms in total. The van der Waals surface area contributed by atoms with Gasteiger partial charge < -0.3 is 9.14 Å². The predicted molar refractivity (Wildman–Crippen MR) is 79.6 cm³/mol. The average molecular weight is 286 g/mol. The van der Waals surface area contributed by atoms with Crippen LogP contribution in [-0.2, 0) is 4.74 Å². The molecule has 0 spiro atoms. The van der Waals surface area contributed by atoms with Crippen LogP contribution in [0.3, 0.4) is 0 Å². The molecule has 0 fully saturated rings. The average Bonchev–Trinajstić information content (AvgIpc) is 2.82. The molecule has 21 heavy (non-hydrogen) atoms. The summed E-state index contributed by atoms with van der Waals surface area (Å²) in [4.78, 5) is 29.2. The standard InChI is InChI=1S/C15H14N2O3.CH4/c1-4-20-15-8(2)13(18)10-5-6-17-9(3)16-7-11(17)12(10)14(15)19;/h5-7H,4H2,1-3H3;1H4. The van der Waals surface area contributed by atoms with E-state index in [4.69, 9.17) is 4.74 Å². The molecule has 110 valence electrons. The number of Topliss-reactive ketones (excluding diaryl/α,β-unsaturated/α-hetero) is 2. The number of ketones is 2. The van der Waals surface area contributed by atoms with Crippen LogP contribution in [0.1, 0.15) is 47.8 Å². The van der Waals surface area contributed by atoms with Gasteiger partial charge in [-0.3, -0.25) is 9.59 Å². The van der Waals surface area contributed by atoms with Crippen LogP contribution in [0.5, 0.6) is 0 Å². The molecule has 0 N–H and O–H groups in total. The van der Waals surface area contributed by atoms with Crippen molar-refractivity contribution in [3.8, 4) is 0 Å². The van der Waals surface area contributed by atoms with Crippen molar-refractivity contribution < 1.29 is 14.3 Å². The minimum absolute atomic E-state index is 0. The Balaban J connectivity index is 0.00000161. The normalized spacial score (nSPS) is 14.2. The first-order valence-electron chi connectivity index (χ1n) is 6.46. The van der Waals surface area contributed by atoms with Gasteiger partial charge >= 0.3 is 0 Å². The Kier molecular flexibility index (Phi) is 3.68. The fourth-order valence-corrected chi connectivity index (χ4v) is 2.53. The summed E-state index contributed by atoms with van der Waals surface area (Å²) >= 11 is 0. The Morgan fingerprint density at radius 2 is 1.95 bits per heavy atom. The first-order valence-corrected chi connectivity index (χ1v) is 6.46. The highest BCUT2D eigenvalue weighted by Gasteiger charge is 2.33. The number of aryl methyl sites for hydroxylation is 1. The van der Waals surface area contributed by atoms with E-state index in [0.717, 1.165) is 5.82 Å². The van der Waals surface area contributed by atoms with Gasteiger partial charge in [0, 0.05) is 17.3 Å². The van der Waals surface area contributed by atoms with Gasteiger partial charge in [0.25, 0.3) is 0 Å². The summed E-state index contributed by atoms with van der Waals surface area (Å²) in [5.74, 6) is 0.512. The van der Waals surface area contributed by atoms with Crippen molar-refractivity contribution in [3.05, 3.63) is 46.7 Å². The molecule has 0 amide bonds. The maximum atomic E-state index is 12.6. The smallest absolute Gasteiger partial charge is 0.230 e. The summed E-state index contributed by atoms with van der Waals surface area (Å²) in [5.41, 5.74) is 1.81. The maximum Gasteiger partial charge on any atom is 0.230 e. The lowest BCUT2D eigenvalue weighted by molar-refractivity contribution is 0.0882. The van der Waals surface area contributed by atoms with Crippen LogP contribution in [0.4, 0.5) is 0 Å². The third-order valence-corrected chi connectivity index (χ3v) is 3.55. The van der Waals surface area contributed by atoms with Gasteiger partial charge in [0.1, 0.15) is 5.82 Å². The monoisotopic (exact) mass is 286 g/mol. The number of imidazole rings is 1. The number of nitrogens with zero attached hydrogens (tertiary/aromatic N) is 2. The second-order valence-electron chi connectivity index (χ2n) is 4.71. The van der Waals surface area contributed by atoms with E-state index in [2.05, 4.69) is 4.98 Å². The highest BCUT2D eigenvalue weighted by Crippen LogP contribution is 2.30. The number of fused-ring (bicyclic) bond motifs is 3. The lowest BCUT2D eigenvalue weighted by Gasteiger charge is -2.19. The zero-order valence-corrected chi connectivity index (χ0v) is 11.6. The van der Waals surface area contributed by atoms with Crippen LogP contribution >= 0.6 is 0 Å². The molecule has 0 unspecified atom stereocenters. The second-order valence-corrected chi connectivity index (χ2v) is 4.71. The number of pyridine rings is 1. The van der Waals surface area contributed by atoms with Crippen molar-refractivity contribution in [2.24, 2.45) is 0 Å². The van der Waals surface area contributed by atoms with Crippen molar-refractivity contribution in [2.45, 2.75) is 28.2 Å². The number of carbonyl (C=O) groups excluding carboxylic acids is 2. The van der Waals surface area contributed by atoms with Gasteiger partial charge in [-0.15, -0.1) is 0 Å². The van der Waals surface area contributed by atoms with E-state index in [9.17, 15) is 9.59 Å². The van der Waals surface area contributed by atoms with Crippen LogP contribution in [0.15, 0.2) is 29.8 Å². The van der Waals surface area contributed by atoms with Gasteiger partial charge in [0.15, 0.2) is 11.5 Å². The molecule has 0 atom stereocenters. The molecule has 0 saturated carbocycles. The van der Waals surface area contributed by atoms with E-state index >= 15 is 0 Å². The van der Waals surface area contributed by atoms with Crippen LogP contribution < -0.4 is 0 Å². The van der Waals surface area contributed by atoms with Gasteiger partial charge in [-0.1, -0.05) is 7.43 Å². The highest BCUT2D eigenvalue weighted by molar-refractivity contribution is 6.28. The number of ether oxygens (including phenoxy) is 1.